The van der Waals surface area contributed by atoms with Crippen LogP contribution in [-0.4, -0.2) is 41.7 Å². The Kier molecular flexibility index (Phi) is 4.71. The second-order valence-corrected chi connectivity index (χ2v) is 9.00. The Morgan fingerprint density at radius 3 is 2.19 bits per heavy atom. The summed E-state index contributed by atoms with van der Waals surface area (Å²) in [7, 11) is -3.71. The Morgan fingerprint density at radius 1 is 0.963 bits per heavy atom. The van der Waals surface area contributed by atoms with E-state index in [1.807, 2.05) is 0 Å². The number of nitro groups is 1. The molecule has 0 spiro atoms. The molecule has 4 rings (SSSR count). The number of sulfonamides is 1. The van der Waals surface area contributed by atoms with Crippen molar-refractivity contribution >= 4 is 15.7 Å². The smallest absolute Gasteiger partial charge is 0.270 e. The first-order valence-corrected chi connectivity index (χ1v) is 10.4. The van der Waals surface area contributed by atoms with Crippen LogP contribution in [0.25, 0.3) is 0 Å². The molecule has 2 heterocycles. The fourth-order valence-electron chi connectivity index (χ4n) is 3.97. The molecular formula is C19H21N3O4S. The van der Waals surface area contributed by atoms with Crippen LogP contribution >= 0.6 is 0 Å². The molecule has 1 fully saturated rings. The van der Waals surface area contributed by atoms with Gasteiger partial charge in [0.2, 0.25) is 10.0 Å². The summed E-state index contributed by atoms with van der Waals surface area (Å²) in [4.78, 5) is 12.8. The average molecular weight is 387 g/mol. The quantitative estimate of drug-likeness (QED) is 0.595. The fourth-order valence-corrected chi connectivity index (χ4v) is 5.48. The van der Waals surface area contributed by atoms with Crippen molar-refractivity contribution in [3.8, 4) is 0 Å². The minimum atomic E-state index is -3.71. The van der Waals surface area contributed by atoms with E-state index in [-0.39, 0.29) is 10.6 Å². The van der Waals surface area contributed by atoms with Crippen molar-refractivity contribution in [3.05, 3.63) is 69.8 Å². The summed E-state index contributed by atoms with van der Waals surface area (Å²) in [5, 5.41) is 10.9. The minimum absolute atomic E-state index is 0.0104. The van der Waals surface area contributed by atoms with Gasteiger partial charge in [0, 0.05) is 44.4 Å². The molecule has 0 unspecified atom stereocenters. The zero-order valence-electron chi connectivity index (χ0n) is 14.8. The van der Waals surface area contributed by atoms with Crippen LogP contribution in [0.3, 0.4) is 0 Å². The zero-order valence-corrected chi connectivity index (χ0v) is 15.6. The molecule has 0 saturated carbocycles. The van der Waals surface area contributed by atoms with Gasteiger partial charge in [-0.2, -0.15) is 4.31 Å². The van der Waals surface area contributed by atoms with Gasteiger partial charge in [-0.05, 0) is 30.0 Å². The molecule has 0 N–H and O–H groups in total. The number of non-ortho nitro benzene ring substituents is 1. The van der Waals surface area contributed by atoms with Crippen molar-refractivity contribution in [1.29, 1.82) is 0 Å². The SMILES string of the molecule is O=[N+]([O-])c1cccc(S(=O)(=O)N2CCC(N3Cc4ccccc4C3)CC2)c1. The summed E-state index contributed by atoms with van der Waals surface area (Å²) < 4.78 is 27.2. The number of benzene rings is 2. The van der Waals surface area contributed by atoms with Crippen LogP contribution in [0.4, 0.5) is 5.69 Å². The van der Waals surface area contributed by atoms with Gasteiger partial charge in [0.15, 0.2) is 0 Å². The van der Waals surface area contributed by atoms with Crippen molar-refractivity contribution in [2.24, 2.45) is 0 Å². The van der Waals surface area contributed by atoms with Crippen molar-refractivity contribution in [2.75, 3.05) is 13.1 Å². The minimum Gasteiger partial charge on any atom is -0.292 e. The van der Waals surface area contributed by atoms with Crippen LogP contribution in [-0.2, 0) is 23.1 Å². The third-order valence-electron chi connectivity index (χ3n) is 5.47. The summed E-state index contributed by atoms with van der Waals surface area (Å²) in [6.07, 6.45) is 1.53. The lowest BCUT2D eigenvalue weighted by molar-refractivity contribution is -0.385. The first-order valence-electron chi connectivity index (χ1n) is 9.00. The van der Waals surface area contributed by atoms with Crippen LogP contribution in [0.1, 0.15) is 24.0 Å². The highest BCUT2D eigenvalue weighted by Gasteiger charge is 2.34. The lowest BCUT2D eigenvalue weighted by Gasteiger charge is -2.36. The molecule has 2 aliphatic rings. The van der Waals surface area contributed by atoms with E-state index in [0.29, 0.717) is 19.1 Å². The molecule has 8 heteroatoms. The molecule has 0 aromatic heterocycles. The van der Waals surface area contributed by atoms with Gasteiger partial charge < -0.3 is 0 Å². The summed E-state index contributed by atoms with van der Waals surface area (Å²) in [6, 6.07) is 14.0. The fraction of sp³-hybridized carbons (Fsp3) is 0.368. The summed E-state index contributed by atoms with van der Waals surface area (Å²) >= 11 is 0. The van der Waals surface area contributed by atoms with E-state index in [1.54, 1.807) is 0 Å². The summed E-state index contributed by atoms with van der Waals surface area (Å²) in [5.41, 5.74) is 2.49. The molecule has 0 bridgehead atoms. The van der Waals surface area contributed by atoms with Crippen molar-refractivity contribution in [2.45, 2.75) is 36.9 Å². The van der Waals surface area contributed by atoms with Gasteiger partial charge in [-0.25, -0.2) is 8.42 Å². The van der Waals surface area contributed by atoms with Gasteiger partial charge in [-0.3, -0.25) is 15.0 Å². The lowest BCUT2D eigenvalue weighted by atomic mass is 10.1. The molecular weight excluding hydrogens is 366 g/mol. The second kappa shape index (κ2) is 7.03. The van der Waals surface area contributed by atoms with Gasteiger partial charge in [0.25, 0.3) is 5.69 Å². The first-order chi connectivity index (χ1) is 12.9. The number of rotatable bonds is 4. The van der Waals surface area contributed by atoms with Crippen LogP contribution in [0.5, 0.6) is 0 Å². The predicted octanol–water partition coefficient (Wildman–Crippen LogP) is 2.76. The van der Waals surface area contributed by atoms with Crippen molar-refractivity contribution < 1.29 is 13.3 Å². The second-order valence-electron chi connectivity index (χ2n) is 7.06. The highest BCUT2D eigenvalue weighted by Crippen LogP contribution is 2.30. The van der Waals surface area contributed by atoms with Gasteiger partial charge >= 0.3 is 0 Å². The summed E-state index contributed by atoms with van der Waals surface area (Å²) in [5.74, 6) is 0. The third-order valence-corrected chi connectivity index (χ3v) is 7.37. The van der Waals surface area contributed by atoms with Crippen LogP contribution in [0.2, 0.25) is 0 Å². The van der Waals surface area contributed by atoms with Gasteiger partial charge in [-0.15, -0.1) is 0 Å². The largest absolute Gasteiger partial charge is 0.292 e. The standard InChI is InChI=1S/C19H21N3O4S/c23-22(24)18-6-3-7-19(12-18)27(25,26)21-10-8-17(9-11-21)20-13-15-4-1-2-5-16(15)14-20/h1-7,12,17H,8-11,13-14H2. The molecule has 1 saturated heterocycles. The molecule has 2 aromatic carbocycles. The van der Waals surface area contributed by atoms with Gasteiger partial charge in [0.05, 0.1) is 9.82 Å². The van der Waals surface area contributed by atoms with Crippen LogP contribution < -0.4 is 0 Å². The molecule has 2 aromatic rings. The monoisotopic (exact) mass is 387 g/mol. The first kappa shape index (κ1) is 18.1. The molecule has 0 atom stereocenters. The Bertz CT molecular complexity index is 943. The molecule has 142 valence electrons. The molecule has 0 radical (unpaired) electrons. The zero-order chi connectivity index (χ0) is 19.0. The third kappa shape index (κ3) is 3.47. The maximum atomic E-state index is 12.9. The Hall–Kier alpha value is -2.29. The lowest BCUT2D eigenvalue weighted by Crippen LogP contribution is -2.45. The molecule has 2 aliphatic heterocycles. The maximum absolute atomic E-state index is 12.9. The van der Waals surface area contributed by atoms with Crippen molar-refractivity contribution in [1.82, 2.24) is 9.21 Å². The topological polar surface area (TPSA) is 83.8 Å². The number of hydrogen-bond donors (Lipinski definition) is 0. The number of piperidine rings is 1. The van der Waals surface area contributed by atoms with E-state index in [4.69, 9.17) is 0 Å². The van der Waals surface area contributed by atoms with E-state index >= 15 is 0 Å². The van der Waals surface area contributed by atoms with E-state index in [2.05, 4.69) is 29.2 Å². The maximum Gasteiger partial charge on any atom is 0.270 e. The van der Waals surface area contributed by atoms with Gasteiger partial charge in [0.1, 0.15) is 0 Å². The summed E-state index contributed by atoms with van der Waals surface area (Å²) in [6.45, 7) is 2.70. The van der Waals surface area contributed by atoms with E-state index in [9.17, 15) is 18.5 Å². The molecule has 0 amide bonds. The number of nitro benzene ring substituents is 1. The normalized spacial score (nSPS) is 19.1. The van der Waals surface area contributed by atoms with E-state index in [1.165, 1.54) is 33.6 Å². The number of hydrogen-bond acceptors (Lipinski definition) is 5. The van der Waals surface area contributed by atoms with Crippen LogP contribution in [0, 0.1) is 10.1 Å². The Labute approximate surface area is 158 Å². The number of nitrogens with zero attached hydrogens (tertiary/aromatic N) is 3. The predicted molar refractivity (Wildman–Crippen MR) is 101 cm³/mol. The Balaban J connectivity index is 1.43. The van der Waals surface area contributed by atoms with Gasteiger partial charge in [-0.1, -0.05) is 30.3 Å². The average Bonchev–Trinajstić information content (AvgIpc) is 3.12. The molecule has 7 nitrogen and oxygen atoms in total. The van der Waals surface area contributed by atoms with Crippen LogP contribution in [0.15, 0.2) is 53.4 Å². The Morgan fingerprint density at radius 2 is 1.59 bits per heavy atom. The van der Waals surface area contributed by atoms with E-state index < -0.39 is 14.9 Å². The molecule has 27 heavy (non-hydrogen) atoms. The highest BCUT2D eigenvalue weighted by molar-refractivity contribution is 7.89. The number of fused-ring (bicyclic) bond motifs is 1. The molecule has 0 aliphatic carbocycles. The van der Waals surface area contributed by atoms with E-state index in [0.717, 1.165) is 32.0 Å². The highest BCUT2D eigenvalue weighted by atomic mass is 32.2. The van der Waals surface area contributed by atoms with Crippen molar-refractivity contribution in [3.63, 3.8) is 0 Å².